The number of amides is 2. The van der Waals surface area contributed by atoms with E-state index in [0.29, 0.717) is 13.0 Å². The van der Waals surface area contributed by atoms with Gasteiger partial charge in [-0.25, -0.2) is 0 Å². The number of unbranched alkanes of at least 4 members (excludes halogenated alkanes) is 20. The van der Waals surface area contributed by atoms with E-state index in [-0.39, 0.29) is 11.8 Å². The lowest BCUT2D eigenvalue weighted by Crippen LogP contribution is -2.62. The third-order valence-corrected chi connectivity index (χ3v) is 11.8. The van der Waals surface area contributed by atoms with Gasteiger partial charge in [0.15, 0.2) is 0 Å². The number of hydrogen-bond donors (Lipinski definition) is 1. The number of allylic oxidation sites excluding steroid dienone is 6. The average Bonchev–Trinajstić information content (AvgIpc) is 3.16. The van der Waals surface area contributed by atoms with E-state index in [9.17, 15) is 9.59 Å². The Morgan fingerprint density at radius 3 is 1.57 bits per heavy atom. The van der Waals surface area contributed by atoms with E-state index in [1.165, 1.54) is 122 Å². The summed E-state index contributed by atoms with van der Waals surface area (Å²) in [5.74, 6) is 2.18. The minimum atomic E-state index is -0.686. The van der Waals surface area contributed by atoms with Crippen molar-refractivity contribution in [2.75, 3.05) is 45.2 Å². The van der Waals surface area contributed by atoms with Gasteiger partial charge in [0.2, 0.25) is 11.8 Å². The third kappa shape index (κ3) is 26.8. The lowest BCUT2D eigenvalue weighted by molar-refractivity contribution is -0.149. The number of carbonyl (C=O) groups is 2. The summed E-state index contributed by atoms with van der Waals surface area (Å²) in [6, 6.07) is 0. The van der Waals surface area contributed by atoms with E-state index in [1.54, 1.807) is 0 Å². The van der Waals surface area contributed by atoms with Crippen LogP contribution in [0.3, 0.4) is 0 Å². The van der Waals surface area contributed by atoms with Crippen LogP contribution in [0.1, 0.15) is 200 Å². The van der Waals surface area contributed by atoms with Gasteiger partial charge in [0.05, 0.1) is 0 Å². The maximum atomic E-state index is 14.0. The van der Waals surface area contributed by atoms with Gasteiger partial charge in [-0.1, -0.05) is 140 Å². The number of carbonyl (C=O) groups excluding carboxylic acids is 2. The predicted octanol–water partition coefficient (Wildman–Crippen LogP) is 13.0. The molecule has 1 fully saturated rings. The van der Waals surface area contributed by atoms with Crippen LogP contribution in [-0.2, 0) is 9.59 Å². The molecule has 1 saturated heterocycles. The molecule has 1 aliphatic rings. The Hall–Kier alpha value is -1.53. The second-order valence-corrected chi connectivity index (χ2v) is 17.2. The summed E-state index contributed by atoms with van der Waals surface area (Å²) in [4.78, 5) is 32.1. The van der Waals surface area contributed by atoms with Crippen LogP contribution in [0, 0.1) is 0 Å². The summed E-state index contributed by atoms with van der Waals surface area (Å²) in [7, 11) is 4.17. The van der Waals surface area contributed by atoms with E-state index >= 15 is 0 Å². The molecule has 0 aromatic rings. The van der Waals surface area contributed by atoms with Crippen LogP contribution in [0.25, 0.3) is 0 Å². The van der Waals surface area contributed by atoms with Crippen LogP contribution >= 0.6 is 11.8 Å². The molecule has 1 N–H and O–H groups in total. The average molecular weight is 758 g/mol. The fourth-order valence-electron chi connectivity index (χ4n) is 7.41. The molecule has 1 rings (SSSR count). The van der Waals surface area contributed by atoms with Gasteiger partial charge in [-0.3, -0.25) is 9.59 Å². The minimum Gasteiger partial charge on any atom is -0.354 e. The van der Waals surface area contributed by atoms with Crippen molar-refractivity contribution in [2.45, 2.75) is 206 Å². The maximum Gasteiger partial charge on any atom is 0.246 e. The monoisotopic (exact) mass is 758 g/mol. The molecule has 0 atom stereocenters. The molecule has 0 spiro atoms. The number of nitrogens with one attached hydrogen (secondary N) is 1. The number of rotatable bonds is 36. The van der Waals surface area contributed by atoms with Crippen molar-refractivity contribution in [3.8, 4) is 0 Å². The van der Waals surface area contributed by atoms with Crippen LogP contribution in [0.4, 0.5) is 0 Å². The second-order valence-electron chi connectivity index (χ2n) is 16.0. The van der Waals surface area contributed by atoms with E-state index in [0.717, 1.165) is 82.4 Å². The summed E-state index contributed by atoms with van der Waals surface area (Å²) in [5.41, 5.74) is -0.686. The quantitative estimate of drug-likeness (QED) is 0.0511. The molecule has 0 unspecified atom stereocenters. The number of hydrogen-bond acceptors (Lipinski definition) is 4. The highest BCUT2D eigenvalue weighted by molar-refractivity contribution is 7.99. The van der Waals surface area contributed by atoms with Crippen molar-refractivity contribution < 1.29 is 9.59 Å². The molecule has 1 aliphatic heterocycles. The smallest absolute Gasteiger partial charge is 0.246 e. The molecule has 0 aliphatic carbocycles. The molecule has 0 radical (unpaired) electrons. The van der Waals surface area contributed by atoms with Gasteiger partial charge in [0.25, 0.3) is 0 Å². The van der Waals surface area contributed by atoms with Crippen molar-refractivity contribution in [2.24, 2.45) is 0 Å². The highest BCUT2D eigenvalue weighted by atomic mass is 32.2. The van der Waals surface area contributed by atoms with Crippen LogP contribution in [0.5, 0.6) is 0 Å². The predicted molar refractivity (Wildman–Crippen MR) is 236 cm³/mol. The highest BCUT2D eigenvalue weighted by Crippen LogP contribution is 2.34. The number of nitrogens with zero attached hydrogens (tertiary/aromatic N) is 2. The molecular formula is C47H87N3O2S. The fourth-order valence-corrected chi connectivity index (χ4v) is 8.58. The maximum absolute atomic E-state index is 14.0. The van der Waals surface area contributed by atoms with Gasteiger partial charge >= 0.3 is 0 Å². The summed E-state index contributed by atoms with van der Waals surface area (Å²) in [5, 5.41) is 3.33. The van der Waals surface area contributed by atoms with Gasteiger partial charge in [-0.2, -0.15) is 11.8 Å². The Morgan fingerprint density at radius 1 is 0.566 bits per heavy atom. The fraction of sp³-hybridized carbons (Fsp3) is 0.830. The molecule has 2 amide bonds. The van der Waals surface area contributed by atoms with E-state index in [1.807, 2.05) is 16.7 Å². The molecule has 0 saturated carbocycles. The van der Waals surface area contributed by atoms with Crippen LogP contribution < -0.4 is 5.32 Å². The second kappa shape index (κ2) is 36.1. The Bertz CT molecular complexity index is 940. The lowest BCUT2D eigenvalue weighted by atomic mass is 9.87. The molecule has 0 aromatic heterocycles. The first-order chi connectivity index (χ1) is 26.0. The van der Waals surface area contributed by atoms with Crippen molar-refractivity contribution in [1.82, 2.24) is 15.1 Å². The largest absolute Gasteiger partial charge is 0.354 e. The Labute approximate surface area is 334 Å². The normalized spacial score (nSPS) is 14.7. The minimum absolute atomic E-state index is 0.101. The first kappa shape index (κ1) is 49.5. The molecular weight excluding hydrogens is 671 g/mol. The molecule has 53 heavy (non-hydrogen) atoms. The zero-order chi connectivity index (χ0) is 38.5. The van der Waals surface area contributed by atoms with Gasteiger partial charge < -0.3 is 15.1 Å². The van der Waals surface area contributed by atoms with Crippen molar-refractivity contribution in [3.05, 3.63) is 36.5 Å². The summed E-state index contributed by atoms with van der Waals surface area (Å²) >= 11 is 1.92. The SMILES string of the molecule is CCCCC/C=C\C/C=C\CCCCCCCC(=O)N(CCCN(C)C)C1(C(=O)NCCCCCCCC/C=C\CCCCCCCC)CCSCC1. The Morgan fingerprint density at radius 2 is 1.02 bits per heavy atom. The molecule has 1 heterocycles. The van der Waals surface area contributed by atoms with Gasteiger partial charge in [-0.15, -0.1) is 0 Å². The van der Waals surface area contributed by atoms with Crippen molar-refractivity contribution >= 4 is 23.6 Å². The van der Waals surface area contributed by atoms with E-state index in [2.05, 4.69) is 74.6 Å². The highest BCUT2D eigenvalue weighted by Gasteiger charge is 2.46. The Kier molecular flexibility index (Phi) is 33.7. The molecule has 0 aromatic carbocycles. The zero-order valence-electron chi connectivity index (χ0n) is 35.6. The van der Waals surface area contributed by atoms with Crippen LogP contribution in [-0.4, -0.2) is 72.4 Å². The standard InChI is InChI=1S/C47H87N3O2S/c1-5-7-9-11-13-15-17-19-21-23-25-27-29-31-33-35-40-48-46(52)47(38-43-53-44-39-47)50(42-36-41-49(3)4)45(51)37-34-32-30-28-26-24-22-20-18-16-14-12-10-8-6-2/h14,16,19-22H,5-13,15,17-18,23-44H2,1-4H3,(H,48,52)/b16-14-,21-19-,22-20-. The number of thioether (sulfide) groups is 1. The first-order valence-corrected chi connectivity index (χ1v) is 23.9. The van der Waals surface area contributed by atoms with Gasteiger partial charge in [0.1, 0.15) is 5.54 Å². The summed E-state index contributed by atoms with van der Waals surface area (Å²) in [6.07, 6.45) is 48.0. The van der Waals surface area contributed by atoms with Gasteiger partial charge in [0, 0.05) is 19.5 Å². The van der Waals surface area contributed by atoms with Crippen LogP contribution in [0.2, 0.25) is 0 Å². The van der Waals surface area contributed by atoms with E-state index < -0.39 is 5.54 Å². The van der Waals surface area contributed by atoms with Crippen molar-refractivity contribution in [3.63, 3.8) is 0 Å². The van der Waals surface area contributed by atoms with E-state index in [4.69, 9.17) is 0 Å². The van der Waals surface area contributed by atoms with Crippen LogP contribution in [0.15, 0.2) is 36.5 Å². The van der Waals surface area contributed by atoms with Crippen molar-refractivity contribution in [1.29, 1.82) is 0 Å². The summed E-state index contributed by atoms with van der Waals surface area (Å²) in [6.45, 7) is 6.85. The summed E-state index contributed by atoms with van der Waals surface area (Å²) < 4.78 is 0. The molecule has 6 heteroatoms. The Balaban J connectivity index is 2.40. The third-order valence-electron chi connectivity index (χ3n) is 10.9. The lowest BCUT2D eigenvalue weighted by Gasteiger charge is -2.45. The molecule has 0 bridgehead atoms. The first-order valence-electron chi connectivity index (χ1n) is 22.7. The zero-order valence-corrected chi connectivity index (χ0v) is 36.4. The topological polar surface area (TPSA) is 52.7 Å². The van der Waals surface area contributed by atoms with Gasteiger partial charge in [-0.05, 0) is 122 Å². The molecule has 308 valence electrons. The molecule has 5 nitrogen and oxygen atoms in total.